The Labute approximate surface area is 190 Å². The van der Waals surface area contributed by atoms with Crippen LogP contribution in [-0.4, -0.2) is 12.5 Å². The predicted octanol–water partition coefficient (Wildman–Crippen LogP) is 5.97. The number of nitrogens with one attached hydrogen (secondary N) is 1. The molecule has 0 bridgehead atoms. The molecule has 0 aliphatic heterocycles. The Kier molecular flexibility index (Phi) is 8.13. The van der Waals surface area contributed by atoms with Crippen LogP contribution in [0.5, 0.6) is 5.75 Å². The lowest BCUT2D eigenvalue weighted by atomic mass is 10.1. The average Bonchev–Trinajstić information content (AvgIpc) is 2.62. The van der Waals surface area contributed by atoms with Crippen LogP contribution in [0, 0.1) is 25.4 Å². The van der Waals surface area contributed by atoms with Crippen LogP contribution in [0.3, 0.4) is 0 Å². The highest BCUT2D eigenvalue weighted by molar-refractivity contribution is 14.1. The van der Waals surface area contributed by atoms with Crippen LogP contribution >= 0.6 is 56.8 Å². The smallest absolute Gasteiger partial charge is 0.266 e. The van der Waals surface area contributed by atoms with Crippen molar-refractivity contribution in [1.29, 1.82) is 5.26 Å². The second-order valence-electron chi connectivity index (χ2n) is 5.50. The first-order chi connectivity index (χ1) is 12.8. The Morgan fingerprint density at radius 3 is 2.56 bits per heavy atom. The van der Waals surface area contributed by atoms with Crippen LogP contribution in [0.25, 0.3) is 6.08 Å². The van der Waals surface area contributed by atoms with Crippen LogP contribution < -0.4 is 10.1 Å². The van der Waals surface area contributed by atoms with Crippen molar-refractivity contribution in [1.82, 2.24) is 0 Å². The lowest BCUT2D eigenvalue weighted by molar-refractivity contribution is -0.112. The molecule has 0 aliphatic rings. The van der Waals surface area contributed by atoms with Crippen molar-refractivity contribution in [2.75, 3.05) is 11.9 Å². The number of nitriles is 1. The van der Waals surface area contributed by atoms with Crippen molar-refractivity contribution in [3.8, 4) is 11.8 Å². The monoisotopic (exact) mass is 604 g/mol. The van der Waals surface area contributed by atoms with Crippen molar-refractivity contribution in [2.24, 2.45) is 0 Å². The molecule has 0 saturated carbocycles. The molecular weight excluding hydrogens is 589 g/mol. The van der Waals surface area contributed by atoms with Gasteiger partial charge in [-0.2, -0.15) is 5.26 Å². The van der Waals surface area contributed by atoms with Crippen LogP contribution in [0.2, 0.25) is 5.02 Å². The van der Waals surface area contributed by atoms with Crippen LogP contribution in [0.1, 0.15) is 11.1 Å². The van der Waals surface area contributed by atoms with E-state index in [0.29, 0.717) is 17.3 Å². The number of anilines is 1. The zero-order valence-electron chi connectivity index (χ0n) is 14.4. The number of ether oxygens (including phenoxy) is 1. The Balaban J connectivity index is 2.26. The number of carbonyl (C=O) groups excluding carboxylic acids is 1. The maximum atomic E-state index is 12.4. The largest absolute Gasteiger partial charge is 0.487 e. The second kappa shape index (κ2) is 10.1. The predicted molar refractivity (Wildman–Crippen MR) is 126 cm³/mol. The topological polar surface area (TPSA) is 62.1 Å². The van der Waals surface area contributed by atoms with Gasteiger partial charge >= 0.3 is 0 Å². The Hall–Kier alpha value is -1.57. The maximum absolute atomic E-state index is 12.4. The number of rotatable bonds is 6. The van der Waals surface area contributed by atoms with E-state index in [1.165, 1.54) is 0 Å². The van der Waals surface area contributed by atoms with E-state index in [0.717, 1.165) is 24.0 Å². The molecule has 2 aromatic rings. The molecule has 0 atom stereocenters. The molecule has 0 aliphatic carbocycles. The van der Waals surface area contributed by atoms with E-state index in [2.05, 4.69) is 57.1 Å². The highest BCUT2D eigenvalue weighted by Gasteiger charge is 2.13. The molecule has 0 radical (unpaired) electrons. The van der Waals surface area contributed by atoms with Gasteiger partial charge in [0.2, 0.25) is 0 Å². The molecule has 4 nitrogen and oxygen atoms in total. The summed E-state index contributed by atoms with van der Waals surface area (Å²) in [6.07, 6.45) is 3.22. The fourth-order valence-electron chi connectivity index (χ4n) is 2.13. The molecule has 0 unspecified atom stereocenters. The van der Waals surface area contributed by atoms with Gasteiger partial charge in [-0.25, -0.2) is 0 Å². The number of nitrogens with zero attached hydrogens (tertiary/aromatic N) is 1. The zero-order chi connectivity index (χ0) is 20.0. The first-order valence-corrected chi connectivity index (χ1v) is 10.3. The van der Waals surface area contributed by atoms with Gasteiger partial charge in [-0.15, -0.1) is 0 Å². The first-order valence-electron chi connectivity index (χ1n) is 7.77. The third-order valence-corrected chi connectivity index (χ3v) is 5.48. The van der Waals surface area contributed by atoms with E-state index in [1.807, 2.05) is 25.1 Å². The Bertz CT molecular complexity index is 942. The molecule has 2 rings (SSSR count). The van der Waals surface area contributed by atoms with E-state index >= 15 is 0 Å². The normalized spacial score (nSPS) is 10.9. The van der Waals surface area contributed by atoms with E-state index < -0.39 is 5.91 Å². The summed E-state index contributed by atoms with van der Waals surface area (Å²) in [4.78, 5) is 12.4. The van der Waals surface area contributed by atoms with Gasteiger partial charge < -0.3 is 10.1 Å². The minimum atomic E-state index is -0.491. The Morgan fingerprint density at radius 1 is 1.33 bits per heavy atom. The average molecular weight is 605 g/mol. The highest BCUT2D eigenvalue weighted by Crippen LogP contribution is 2.30. The lowest BCUT2D eigenvalue weighted by Crippen LogP contribution is -2.13. The van der Waals surface area contributed by atoms with Crippen molar-refractivity contribution >= 4 is 74.5 Å². The van der Waals surface area contributed by atoms with E-state index in [1.54, 1.807) is 30.4 Å². The molecular formula is C20H15ClI2N2O2. The van der Waals surface area contributed by atoms with Gasteiger partial charge in [-0.05, 0) is 93.6 Å². The molecule has 0 spiro atoms. The van der Waals surface area contributed by atoms with Crippen molar-refractivity contribution < 1.29 is 9.53 Å². The lowest BCUT2D eigenvalue weighted by Gasteiger charge is -2.10. The summed E-state index contributed by atoms with van der Waals surface area (Å²) in [6, 6.07) is 10.9. The highest BCUT2D eigenvalue weighted by atomic mass is 127. The SMILES string of the molecule is C=CCOc1c(I)cc(/C=C(\C#N)C(=O)Nc2ccc(C)c(Cl)c2)cc1I. The molecule has 0 aromatic heterocycles. The van der Waals surface area contributed by atoms with Crippen molar-refractivity contribution in [3.05, 3.63) is 71.8 Å². The van der Waals surface area contributed by atoms with Gasteiger partial charge in [-0.1, -0.05) is 30.3 Å². The molecule has 1 amide bonds. The quantitative estimate of drug-likeness (QED) is 0.191. The number of carbonyl (C=O) groups is 1. The maximum Gasteiger partial charge on any atom is 0.266 e. The van der Waals surface area contributed by atoms with Gasteiger partial charge in [0.25, 0.3) is 5.91 Å². The van der Waals surface area contributed by atoms with Crippen LogP contribution in [0.15, 0.2) is 48.6 Å². The minimum absolute atomic E-state index is 0.00180. The third kappa shape index (κ3) is 5.96. The van der Waals surface area contributed by atoms with Crippen molar-refractivity contribution in [2.45, 2.75) is 6.92 Å². The number of aryl methyl sites for hydroxylation is 1. The fraction of sp³-hybridized carbons (Fsp3) is 0.100. The van der Waals surface area contributed by atoms with Gasteiger partial charge in [0.1, 0.15) is 24.0 Å². The van der Waals surface area contributed by atoms with E-state index in [9.17, 15) is 10.1 Å². The first kappa shape index (κ1) is 21.7. The van der Waals surface area contributed by atoms with Gasteiger partial charge in [0, 0.05) is 10.7 Å². The van der Waals surface area contributed by atoms with Gasteiger partial charge in [0.05, 0.1) is 7.14 Å². The van der Waals surface area contributed by atoms with E-state index in [4.69, 9.17) is 16.3 Å². The summed E-state index contributed by atoms with van der Waals surface area (Å²) in [7, 11) is 0. The summed E-state index contributed by atoms with van der Waals surface area (Å²) in [5.41, 5.74) is 2.18. The molecule has 138 valence electrons. The number of halogens is 3. The number of amides is 1. The standard InChI is InChI=1S/C20H15ClI2N2O2/c1-3-6-27-19-17(22)8-13(9-18(19)23)7-14(11-24)20(26)25-15-5-4-12(2)16(21)10-15/h3-5,7-10H,1,6H2,2H3,(H,25,26)/b14-7+. The van der Waals surface area contributed by atoms with Crippen LogP contribution in [0.4, 0.5) is 5.69 Å². The summed E-state index contributed by atoms with van der Waals surface area (Å²) in [6.45, 7) is 5.92. The second-order valence-corrected chi connectivity index (χ2v) is 8.23. The number of hydrogen-bond donors (Lipinski definition) is 1. The number of hydrogen-bond acceptors (Lipinski definition) is 3. The molecule has 0 fully saturated rings. The molecule has 0 saturated heterocycles. The zero-order valence-corrected chi connectivity index (χ0v) is 19.4. The summed E-state index contributed by atoms with van der Waals surface area (Å²) < 4.78 is 7.41. The minimum Gasteiger partial charge on any atom is -0.487 e. The van der Waals surface area contributed by atoms with E-state index in [-0.39, 0.29) is 5.57 Å². The Morgan fingerprint density at radius 2 is 2.00 bits per heavy atom. The molecule has 2 aromatic carbocycles. The molecule has 7 heteroatoms. The number of benzene rings is 2. The summed E-state index contributed by atoms with van der Waals surface area (Å²) >= 11 is 10.4. The fourth-order valence-corrected chi connectivity index (χ4v) is 4.44. The third-order valence-electron chi connectivity index (χ3n) is 3.47. The molecule has 0 heterocycles. The van der Waals surface area contributed by atoms with Crippen LogP contribution in [-0.2, 0) is 4.79 Å². The molecule has 1 N–H and O–H groups in total. The summed E-state index contributed by atoms with van der Waals surface area (Å²) in [5.74, 6) is 0.264. The van der Waals surface area contributed by atoms with Crippen molar-refractivity contribution in [3.63, 3.8) is 0 Å². The summed E-state index contributed by atoms with van der Waals surface area (Å²) in [5, 5.41) is 12.6. The van der Waals surface area contributed by atoms with Gasteiger partial charge in [-0.3, -0.25) is 4.79 Å². The van der Waals surface area contributed by atoms with Gasteiger partial charge in [0.15, 0.2) is 0 Å². The molecule has 27 heavy (non-hydrogen) atoms.